The highest BCUT2D eigenvalue weighted by Gasteiger charge is 2.35. The van der Waals surface area contributed by atoms with E-state index < -0.39 is 17.8 Å². The highest BCUT2D eigenvalue weighted by molar-refractivity contribution is 5.35. The molecule has 0 aromatic heterocycles. The van der Waals surface area contributed by atoms with Gasteiger partial charge in [0.25, 0.3) is 0 Å². The van der Waals surface area contributed by atoms with Crippen LogP contribution in [0, 0.1) is 0 Å². The molecular formula is C12H11F3O2. The van der Waals surface area contributed by atoms with Crippen molar-refractivity contribution in [1.82, 2.24) is 0 Å². The van der Waals surface area contributed by atoms with E-state index in [-0.39, 0.29) is 11.3 Å². The van der Waals surface area contributed by atoms with Crippen LogP contribution in [0.5, 0.6) is 0 Å². The number of aliphatic hydroxyl groups excluding tert-OH is 1. The van der Waals surface area contributed by atoms with Gasteiger partial charge in [-0.15, -0.1) is 0 Å². The number of hydrogen-bond acceptors (Lipinski definition) is 2. The number of benzene rings is 1. The molecule has 1 N–H and O–H groups in total. The molecule has 1 aliphatic heterocycles. The van der Waals surface area contributed by atoms with Crippen molar-refractivity contribution in [1.29, 1.82) is 0 Å². The van der Waals surface area contributed by atoms with Crippen LogP contribution >= 0.6 is 0 Å². The van der Waals surface area contributed by atoms with Gasteiger partial charge >= 0.3 is 6.18 Å². The van der Waals surface area contributed by atoms with Gasteiger partial charge in [-0.1, -0.05) is 18.2 Å². The molecule has 17 heavy (non-hydrogen) atoms. The van der Waals surface area contributed by atoms with E-state index in [4.69, 9.17) is 4.74 Å². The molecule has 0 fully saturated rings. The highest BCUT2D eigenvalue weighted by atomic mass is 19.4. The molecule has 0 amide bonds. The topological polar surface area (TPSA) is 29.5 Å². The molecule has 1 aliphatic rings. The maximum Gasteiger partial charge on any atom is 0.416 e. The van der Waals surface area contributed by atoms with E-state index in [1.54, 1.807) is 6.08 Å². The molecule has 0 bridgehead atoms. The Morgan fingerprint density at radius 1 is 1.24 bits per heavy atom. The zero-order chi connectivity index (χ0) is 12.5. The van der Waals surface area contributed by atoms with Crippen molar-refractivity contribution in [3.05, 3.63) is 47.2 Å². The van der Waals surface area contributed by atoms with E-state index >= 15 is 0 Å². The van der Waals surface area contributed by atoms with Crippen LogP contribution in [-0.4, -0.2) is 11.7 Å². The van der Waals surface area contributed by atoms with Crippen molar-refractivity contribution in [3.8, 4) is 0 Å². The van der Waals surface area contributed by atoms with Gasteiger partial charge in [-0.05, 0) is 12.1 Å². The second kappa shape index (κ2) is 4.41. The summed E-state index contributed by atoms with van der Waals surface area (Å²) in [4.78, 5) is 0. The molecule has 0 spiro atoms. The number of alkyl halides is 3. The van der Waals surface area contributed by atoms with Gasteiger partial charge in [-0.25, -0.2) is 0 Å². The summed E-state index contributed by atoms with van der Waals surface area (Å²) in [7, 11) is 0. The van der Waals surface area contributed by atoms with E-state index in [1.807, 2.05) is 0 Å². The van der Waals surface area contributed by atoms with Gasteiger partial charge in [0, 0.05) is 12.0 Å². The average molecular weight is 244 g/mol. The standard InChI is InChI=1S/C12H11F3O2/c13-12(14,15)9-5-2-1-4-8(9)11(16)10-6-3-7-17-10/h1-2,4-6,11,16H,3,7H2. The molecule has 5 heteroatoms. The molecule has 0 saturated heterocycles. The van der Waals surface area contributed by atoms with Crippen molar-refractivity contribution in [2.75, 3.05) is 6.61 Å². The van der Waals surface area contributed by atoms with Crippen LogP contribution in [0.1, 0.15) is 23.7 Å². The summed E-state index contributed by atoms with van der Waals surface area (Å²) in [5.41, 5.74) is -1.00. The zero-order valence-electron chi connectivity index (χ0n) is 8.87. The minimum Gasteiger partial charge on any atom is -0.495 e. The molecule has 1 unspecified atom stereocenters. The summed E-state index contributed by atoms with van der Waals surface area (Å²) in [5.74, 6) is 0.196. The van der Waals surface area contributed by atoms with Crippen LogP contribution in [0.4, 0.5) is 13.2 Å². The van der Waals surface area contributed by atoms with Gasteiger partial charge in [0.15, 0.2) is 0 Å². The maximum atomic E-state index is 12.7. The Hall–Kier alpha value is -1.49. The first kappa shape index (κ1) is 12.0. The fourth-order valence-corrected chi connectivity index (χ4v) is 1.77. The van der Waals surface area contributed by atoms with Crippen LogP contribution in [-0.2, 0) is 10.9 Å². The lowest BCUT2D eigenvalue weighted by atomic mass is 10.0. The molecule has 2 rings (SSSR count). The van der Waals surface area contributed by atoms with Gasteiger partial charge < -0.3 is 9.84 Å². The maximum absolute atomic E-state index is 12.7. The smallest absolute Gasteiger partial charge is 0.416 e. The molecular weight excluding hydrogens is 233 g/mol. The van der Waals surface area contributed by atoms with Crippen molar-refractivity contribution in [3.63, 3.8) is 0 Å². The summed E-state index contributed by atoms with van der Waals surface area (Å²) < 4.78 is 43.3. The van der Waals surface area contributed by atoms with E-state index in [1.165, 1.54) is 18.2 Å². The fourth-order valence-electron chi connectivity index (χ4n) is 1.77. The Labute approximate surface area is 96.3 Å². The van der Waals surface area contributed by atoms with E-state index in [2.05, 4.69) is 0 Å². The van der Waals surface area contributed by atoms with Crippen molar-refractivity contribution in [2.24, 2.45) is 0 Å². The summed E-state index contributed by atoms with van der Waals surface area (Å²) in [6, 6.07) is 4.97. The van der Waals surface area contributed by atoms with E-state index in [9.17, 15) is 18.3 Å². The SMILES string of the molecule is OC(C1=CCCO1)c1ccccc1C(F)(F)F. The first-order valence-electron chi connectivity index (χ1n) is 5.17. The van der Waals surface area contributed by atoms with Crippen LogP contribution in [0.3, 0.4) is 0 Å². The van der Waals surface area contributed by atoms with Crippen molar-refractivity contribution >= 4 is 0 Å². The molecule has 92 valence electrons. The van der Waals surface area contributed by atoms with Gasteiger partial charge in [0.05, 0.1) is 12.2 Å². The minimum atomic E-state index is -4.48. The first-order valence-corrected chi connectivity index (χ1v) is 5.17. The molecule has 0 radical (unpaired) electrons. The number of hydrogen-bond donors (Lipinski definition) is 1. The highest BCUT2D eigenvalue weighted by Crippen LogP contribution is 2.37. The Morgan fingerprint density at radius 3 is 2.53 bits per heavy atom. The summed E-state index contributed by atoms with van der Waals surface area (Å²) in [5, 5.41) is 9.87. The van der Waals surface area contributed by atoms with E-state index in [0.717, 1.165) is 6.07 Å². The zero-order valence-corrected chi connectivity index (χ0v) is 8.87. The van der Waals surface area contributed by atoms with Crippen molar-refractivity contribution in [2.45, 2.75) is 18.7 Å². The van der Waals surface area contributed by atoms with Crippen LogP contribution in [0.15, 0.2) is 36.1 Å². The lowest BCUT2D eigenvalue weighted by Crippen LogP contribution is -2.13. The predicted molar refractivity (Wildman–Crippen MR) is 55.1 cm³/mol. The lowest BCUT2D eigenvalue weighted by molar-refractivity contribution is -0.139. The lowest BCUT2D eigenvalue weighted by Gasteiger charge is -2.18. The molecule has 1 aromatic rings. The Bertz CT molecular complexity index is 438. The third kappa shape index (κ3) is 2.44. The van der Waals surface area contributed by atoms with Crippen molar-refractivity contribution < 1.29 is 23.0 Å². The average Bonchev–Trinajstić information content (AvgIpc) is 2.80. The summed E-state index contributed by atoms with van der Waals surface area (Å²) >= 11 is 0. The molecule has 1 aromatic carbocycles. The summed E-state index contributed by atoms with van der Waals surface area (Å²) in [6.07, 6.45) is -3.61. The largest absolute Gasteiger partial charge is 0.495 e. The third-order valence-electron chi connectivity index (χ3n) is 2.56. The quantitative estimate of drug-likeness (QED) is 0.866. The molecule has 1 atom stereocenters. The van der Waals surface area contributed by atoms with Gasteiger partial charge in [0.2, 0.25) is 0 Å². The monoisotopic (exact) mass is 244 g/mol. The normalized spacial score (nSPS) is 17.5. The third-order valence-corrected chi connectivity index (χ3v) is 2.56. The number of halogens is 3. The second-order valence-corrected chi connectivity index (χ2v) is 3.73. The number of ether oxygens (including phenoxy) is 1. The fraction of sp³-hybridized carbons (Fsp3) is 0.333. The van der Waals surface area contributed by atoms with Gasteiger partial charge in [0.1, 0.15) is 11.9 Å². The Morgan fingerprint density at radius 2 is 1.94 bits per heavy atom. The Kier molecular flexibility index (Phi) is 3.11. The molecule has 0 aliphatic carbocycles. The van der Waals surface area contributed by atoms with Gasteiger partial charge in [-0.2, -0.15) is 13.2 Å². The minimum absolute atomic E-state index is 0.173. The second-order valence-electron chi connectivity index (χ2n) is 3.73. The van der Waals surface area contributed by atoms with E-state index in [0.29, 0.717) is 13.0 Å². The molecule has 1 heterocycles. The molecule has 2 nitrogen and oxygen atoms in total. The van der Waals surface area contributed by atoms with Gasteiger partial charge in [-0.3, -0.25) is 0 Å². The Balaban J connectivity index is 2.38. The first-order chi connectivity index (χ1) is 8.00. The predicted octanol–water partition coefficient (Wildman–Crippen LogP) is 3.04. The van der Waals surface area contributed by atoms with Crippen LogP contribution < -0.4 is 0 Å². The number of aliphatic hydroxyl groups is 1. The van der Waals surface area contributed by atoms with Crippen LogP contribution in [0.25, 0.3) is 0 Å². The summed E-state index contributed by atoms with van der Waals surface area (Å²) in [6.45, 7) is 0.403. The number of rotatable bonds is 2. The molecule has 0 saturated carbocycles. The van der Waals surface area contributed by atoms with Crippen LogP contribution in [0.2, 0.25) is 0 Å².